The van der Waals surface area contributed by atoms with Gasteiger partial charge in [-0.25, -0.2) is 0 Å². The quantitative estimate of drug-likeness (QED) is 0.448. The minimum atomic E-state index is 0. The zero-order chi connectivity index (χ0) is 0. The van der Waals surface area contributed by atoms with Crippen LogP contribution >= 0.6 is 0 Å². The molecule has 0 heterocycles. The van der Waals surface area contributed by atoms with Crippen LogP contribution in [0.5, 0.6) is 0 Å². The third kappa shape index (κ3) is 57.4. The molecule has 0 aliphatic heterocycles. The standard InChI is InChI=1S/Cd.2In.4O/q+2;2*+3;4*-2. The van der Waals surface area contributed by atoms with Gasteiger partial charge in [0.25, 0.3) is 0 Å². The van der Waals surface area contributed by atoms with Crippen molar-refractivity contribution in [3.05, 3.63) is 0 Å². The van der Waals surface area contributed by atoms with Crippen LogP contribution in [0.25, 0.3) is 0 Å². The molecule has 0 rings (SSSR count). The molecule has 4 nitrogen and oxygen atoms in total. The van der Waals surface area contributed by atoms with Crippen molar-refractivity contribution in [1.29, 1.82) is 0 Å². The monoisotopic (exact) mass is 408 g/mol. The van der Waals surface area contributed by atoms with Crippen LogP contribution in [-0.2, 0) is 49.2 Å². The molecule has 0 aliphatic carbocycles. The van der Waals surface area contributed by atoms with Gasteiger partial charge in [-0.15, -0.1) is 0 Å². The first kappa shape index (κ1) is 110. The maximum absolute atomic E-state index is 0. The van der Waals surface area contributed by atoms with E-state index in [4.69, 9.17) is 0 Å². The Morgan fingerprint density at radius 1 is 0.429 bits per heavy atom. The van der Waals surface area contributed by atoms with Crippen molar-refractivity contribution in [2.45, 2.75) is 0 Å². The summed E-state index contributed by atoms with van der Waals surface area (Å²) in [6.07, 6.45) is 0. The van der Waals surface area contributed by atoms with Crippen molar-refractivity contribution >= 4 is 51.7 Å². The van der Waals surface area contributed by atoms with Crippen LogP contribution < -0.4 is 0 Å². The molecule has 0 aromatic heterocycles. The third-order valence-corrected chi connectivity index (χ3v) is 0. The van der Waals surface area contributed by atoms with Gasteiger partial charge in [0.05, 0.1) is 0 Å². The summed E-state index contributed by atoms with van der Waals surface area (Å²) in [6, 6.07) is 0. The molecule has 0 N–H and O–H groups in total. The summed E-state index contributed by atoms with van der Waals surface area (Å²) in [5.41, 5.74) is 0. The van der Waals surface area contributed by atoms with Gasteiger partial charge in [0.2, 0.25) is 0 Å². The molecule has 0 aromatic rings. The fourth-order valence-corrected chi connectivity index (χ4v) is 0. The molecule has 0 aliphatic rings. The van der Waals surface area contributed by atoms with Crippen molar-refractivity contribution < 1.29 is 49.2 Å². The third-order valence-electron chi connectivity index (χ3n) is 0. The molecule has 0 atom stereocenters. The van der Waals surface area contributed by atoms with E-state index in [1.165, 1.54) is 0 Å². The van der Waals surface area contributed by atoms with Crippen LogP contribution in [0.15, 0.2) is 0 Å². The van der Waals surface area contributed by atoms with Crippen LogP contribution in [0.4, 0.5) is 0 Å². The van der Waals surface area contributed by atoms with Crippen molar-refractivity contribution in [2.24, 2.45) is 0 Å². The minimum Gasteiger partial charge on any atom is -2.00 e. The Hall–Kier alpha value is 2.50. The van der Waals surface area contributed by atoms with E-state index >= 15 is 0 Å². The van der Waals surface area contributed by atoms with Gasteiger partial charge in [-0.3, -0.25) is 0 Å². The molecule has 0 radical (unpaired) electrons. The van der Waals surface area contributed by atoms with Gasteiger partial charge in [0.15, 0.2) is 0 Å². The van der Waals surface area contributed by atoms with Gasteiger partial charge in [-0.1, -0.05) is 0 Å². The Bertz CT molecular complexity index is 9.65. The molecule has 0 bridgehead atoms. The van der Waals surface area contributed by atoms with Crippen molar-refractivity contribution in [1.82, 2.24) is 0 Å². The smallest absolute Gasteiger partial charge is 2.00 e. The van der Waals surface area contributed by atoms with Crippen molar-refractivity contribution in [3.8, 4) is 0 Å². The van der Waals surface area contributed by atoms with Crippen molar-refractivity contribution in [3.63, 3.8) is 0 Å². The van der Waals surface area contributed by atoms with E-state index in [1.54, 1.807) is 0 Å². The summed E-state index contributed by atoms with van der Waals surface area (Å²) in [4.78, 5) is 0. The van der Waals surface area contributed by atoms with E-state index in [0.29, 0.717) is 0 Å². The predicted molar refractivity (Wildman–Crippen MR) is 14.3 cm³/mol. The van der Waals surface area contributed by atoms with E-state index in [1.807, 2.05) is 0 Å². The molecule has 7 heavy (non-hydrogen) atoms. The maximum atomic E-state index is 0. The normalized spacial score (nSPS) is 0. The molecule has 7 heteroatoms. The van der Waals surface area contributed by atoms with E-state index in [2.05, 4.69) is 0 Å². The molecule has 0 fully saturated rings. The Balaban J connectivity index is 0. The molecule has 0 amide bonds. The maximum Gasteiger partial charge on any atom is 3.00 e. The zero-order valence-corrected chi connectivity index (χ0v) is 14.1. The number of rotatable bonds is 0. The fraction of sp³-hybridized carbons (Fsp3) is 0. The molecular formula is CdIn2O4. The van der Waals surface area contributed by atoms with Crippen LogP contribution in [0.2, 0.25) is 0 Å². The molecule has 0 aromatic carbocycles. The van der Waals surface area contributed by atoms with Crippen LogP contribution in [0.3, 0.4) is 0 Å². The Morgan fingerprint density at radius 3 is 0.429 bits per heavy atom. The largest absolute Gasteiger partial charge is 3.00 e. The summed E-state index contributed by atoms with van der Waals surface area (Å²) in [6.45, 7) is 0. The molecule has 0 saturated carbocycles. The van der Waals surface area contributed by atoms with E-state index in [9.17, 15) is 0 Å². The van der Waals surface area contributed by atoms with Gasteiger partial charge in [-0.2, -0.15) is 0 Å². The summed E-state index contributed by atoms with van der Waals surface area (Å²) in [7, 11) is 0. The summed E-state index contributed by atoms with van der Waals surface area (Å²) < 4.78 is 0. The Kier molecular flexibility index (Phi) is 1200. The van der Waals surface area contributed by atoms with Gasteiger partial charge in [-0.05, 0) is 0 Å². The topological polar surface area (TPSA) is 114 Å². The first-order chi connectivity index (χ1) is 0. The minimum absolute atomic E-state index is 0. The molecular weight excluding hydrogens is 406 g/mol. The number of hydrogen-bond acceptors (Lipinski definition) is 0. The molecule has 0 saturated heterocycles. The van der Waals surface area contributed by atoms with Gasteiger partial charge < -0.3 is 21.9 Å². The first-order valence-corrected chi connectivity index (χ1v) is 0. The van der Waals surface area contributed by atoms with E-state index < -0.39 is 0 Å². The Morgan fingerprint density at radius 2 is 0.429 bits per heavy atom. The predicted octanol–water partition coefficient (Wildman–Crippen LogP) is -1.24. The molecule has 0 spiro atoms. The van der Waals surface area contributed by atoms with Gasteiger partial charge >= 0.3 is 79.0 Å². The van der Waals surface area contributed by atoms with Gasteiger partial charge in [0.1, 0.15) is 0 Å². The summed E-state index contributed by atoms with van der Waals surface area (Å²) in [5, 5.41) is 0. The van der Waals surface area contributed by atoms with E-state index in [-0.39, 0.29) is 101 Å². The van der Waals surface area contributed by atoms with Crippen LogP contribution in [-0.4, -0.2) is 51.7 Å². The Labute approximate surface area is 99.4 Å². The summed E-state index contributed by atoms with van der Waals surface area (Å²) in [5.74, 6) is 0. The second-order valence-electron chi connectivity index (χ2n) is 0. The first-order valence-electron chi connectivity index (χ1n) is 0. The number of hydrogen-bond donors (Lipinski definition) is 0. The average Bonchev–Trinajstić information content (AvgIpc) is 0. The SMILES string of the molecule is [Cd+2].[In+3].[In+3].[O-2].[O-2].[O-2].[O-2]. The zero-order valence-electron chi connectivity index (χ0n) is 3.49. The van der Waals surface area contributed by atoms with Gasteiger partial charge in [0, 0.05) is 0 Å². The molecule has 0 unspecified atom stereocenters. The van der Waals surface area contributed by atoms with Crippen LogP contribution in [0.1, 0.15) is 0 Å². The summed E-state index contributed by atoms with van der Waals surface area (Å²) >= 11 is 0. The van der Waals surface area contributed by atoms with Crippen LogP contribution in [0, 0.1) is 0 Å². The fourth-order valence-electron chi connectivity index (χ4n) is 0. The van der Waals surface area contributed by atoms with E-state index in [0.717, 1.165) is 0 Å². The second-order valence-corrected chi connectivity index (χ2v) is 0. The van der Waals surface area contributed by atoms with Crippen molar-refractivity contribution in [2.75, 3.05) is 0 Å². The average molecular weight is 406 g/mol. The second kappa shape index (κ2) is 76.4. The molecule has 32 valence electrons.